The number of benzene rings is 1. The van der Waals surface area contributed by atoms with E-state index in [0.29, 0.717) is 6.42 Å². The van der Waals surface area contributed by atoms with E-state index in [4.69, 9.17) is 4.74 Å². The van der Waals surface area contributed by atoms with Crippen molar-refractivity contribution in [2.75, 3.05) is 6.54 Å². The van der Waals surface area contributed by atoms with Gasteiger partial charge in [-0.2, -0.15) is 0 Å². The molecule has 0 amide bonds. The lowest BCUT2D eigenvalue weighted by Crippen LogP contribution is -2.30. The summed E-state index contributed by atoms with van der Waals surface area (Å²) in [4.78, 5) is 11.5. The van der Waals surface area contributed by atoms with E-state index >= 15 is 0 Å². The summed E-state index contributed by atoms with van der Waals surface area (Å²) in [6.45, 7) is 4.01. The normalized spacial score (nSPS) is 22.0. The van der Waals surface area contributed by atoms with Crippen LogP contribution in [0.5, 0.6) is 0 Å². The van der Waals surface area contributed by atoms with Crippen LogP contribution in [-0.2, 0) is 16.1 Å². The average Bonchev–Trinajstić information content (AvgIpc) is 2.50. The van der Waals surface area contributed by atoms with Crippen molar-refractivity contribution in [1.29, 1.82) is 0 Å². The lowest BCUT2D eigenvalue weighted by atomic mass is 9.87. The highest BCUT2D eigenvalue weighted by atomic mass is 16.5. The second-order valence-electron chi connectivity index (χ2n) is 6.00. The van der Waals surface area contributed by atoms with Gasteiger partial charge in [0.05, 0.1) is 0 Å². The number of hydrogen-bond donors (Lipinski definition) is 1. The molecule has 1 aliphatic rings. The Morgan fingerprint density at radius 2 is 1.90 bits per heavy atom. The minimum Gasteiger partial charge on any atom is -0.462 e. The predicted octanol–water partition coefficient (Wildman–Crippen LogP) is 3.68. The van der Waals surface area contributed by atoms with E-state index in [-0.39, 0.29) is 12.1 Å². The van der Waals surface area contributed by atoms with Gasteiger partial charge in [-0.3, -0.25) is 4.79 Å². The zero-order valence-corrected chi connectivity index (χ0v) is 13.0. The van der Waals surface area contributed by atoms with Gasteiger partial charge in [0.15, 0.2) is 0 Å². The van der Waals surface area contributed by atoms with Gasteiger partial charge in [-0.25, -0.2) is 0 Å². The monoisotopic (exact) mass is 289 g/mol. The minimum atomic E-state index is -0.0249. The fraction of sp³-hybridized carbons (Fsp3) is 0.611. The van der Waals surface area contributed by atoms with Gasteiger partial charge in [0.1, 0.15) is 6.10 Å². The van der Waals surface area contributed by atoms with E-state index in [1.165, 1.54) is 5.56 Å². The summed E-state index contributed by atoms with van der Waals surface area (Å²) in [6.07, 6.45) is 5.95. The molecule has 0 radical (unpaired) electrons. The van der Waals surface area contributed by atoms with E-state index in [1.54, 1.807) is 0 Å². The van der Waals surface area contributed by atoms with Crippen LogP contribution in [0.25, 0.3) is 0 Å². The molecule has 0 bridgehead atoms. The van der Waals surface area contributed by atoms with Gasteiger partial charge in [-0.15, -0.1) is 0 Å². The van der Waals surface area contributed by atoms with Crippen LogP contribution in [0.2, 0.25) is 0 Å². The Morgan fingerprint density at radius 3 is 2.57 bits per heavy atom. The summed E-state index contributed by atoms with van der Waals surface area (Å²) in [5, 5.41) is 3.54. The SMILES string of the molecule is CCCC(=O)OC1CCC(CNCc2ccccc2)CC1. The van der Waals surface area contributed by atoms with Gasteiger partial charge in [-0.05, 0) is 50.1 Å². The Labute approximate surface area is 128 Å². The van der Waals surface area contributed by atoms with Gasteiger partial charge < -0.3 is 10.1 Å². The van der Waals surface area contributed by atoms with Crippen molar-refractivity contribution in [3.63, 3.8) is 0 Å². The molecule has 0 aliphatic heterocycles. The van der Waals surface area contributed by atoms with Crippen LogP contribution in [0.1, 0.15) is 51.0 Å². The van der Waals surface area contributed by atoms with Crippen LogP contribution < -0.4 is 5.32 Å². The maximum Gasteiger partial charge on any atom is 0.306 e. The van der Waals surface area contributed by atoms with Crippen molar-refractivity contribution in [1.82, 2.24) is 5.32 Å². The molecule has 0 aromatic heterocycles. The molecule has 1 aromatic carbocycles. The number of ether oxygens (including phenoxy) is 1. The predicted molar refractivity (Wildman–Crippen MR) is 84.9 cm³/mol. The molecule has 2 rings (SSSR count). The second-order valence-corrected chi connectivity index (χ2v) is 6.00. The summed E-state index contributed by atoms with van der Waals surface area (Å²) in [5.74, 6) is 0.693. The Kier molecular flexibility index (Phi) is 6.74. The van der Waals surface area contributed by atoms with Crippen molar-refractivity contribution in [2.24, 2.45) is 5.92 Å². The topological polar surface area (TPSA) is 38.3 Å². The van der Waals surface area contributed by atoms with Crippen LogP contribution in [0.4, 0.5) is 0 Å². The highest BCUT2D eigenvalue weighted by Crippen LogP contribution is 2.26. The number of carbonyl (C=O) groups is 1. The molecule has 0 unspecified atom stereocenters. The summed E-state index contributed by atoms with van der Waals surface area (Å²) in [7, 11) is 0. The fourth-order valence-corrected chi connectivity index (χ4v) is 2.92. The van der Waals surface area contributed by atoms with E-state index in [0.717, 1.165) is 51.1 Å². The second kappa shape index (κ2) is 8.83. The third-order valence-electron chi connectivity index (χ3n) is 4.15. The maximum atomic E-state index is 11.5. The number of esters is 1. The Bertz CT molecular complexity index is 410. The van der Waals surface area contributed by atoms with Crippen LogP contribution in [-0.4, -0.2) is 18.6 Å². The minimum absolute atomic E-state index is 0.0249. The standard InChI is InChI=1S/C18H27NO2/c1-2-6-18(20)21-17-11-9-16(10-12-17)14-19-13-15-7-4-3-5-8-15/h3-5,7-8,16-17,19H,2,6,9-14H2,1H3. The molecule has 1 saturated carbocycles. The van der Waals surface area contributed by atoms with Gasteiger partial charge >= 0.3 is 5.97 Å². The number of rotatable bonds is 7. The fourth-order valence-electron chi connectivity index (χ4n) is 2.92. The summed E-state index contributed by atoms with van der Waals surface area (Å²) >= 11 is 0. The van der Waals surface area contributed by atoms with Crippen LogP contribution in [0.3, 0.4) is 0 Å². The summed E-state index contributed by atoms with van der Waals surface area (Å²) in [5.41, 5.74) is 1.33. The van der Waals surface area contributed by atoms with E-state index < -0.39 is 0 Å². The van der Waals surface area contributed by atoms with Crippen molar-refractivity contribution in [3.05, 3.63) is 35.9 Å². The Morgan fingerprint density at radius 1 is 1.19 bits per heavy atom. The molecule has 3 nitrogen and oxygen atoms in total. The van der Waals surface area contributed by atoms with E-state index in [9.17, 15) is 4.79 Å². The molecule has 0 heterocycles. The van der Waals surface area contributed by atoms with Crippen molar-refractivity contribution < 1.29 is 9.53 Å². The van der Waals surface area contributed by atoms with Crippen molar-refractivity contribution >= 4 is 5.97 Å². The lowest BCUT2D eigenvalue weighted by molar-refractivity contribution is -0.151. The third kappa shape index (κ3) is 5.88. The van der Waals surface area contributed by atoms with E-state index in [1.807, 2.05) is 13.0 Å². The van der Waals surface area contributed by atoms with Gasteiger partial charge in [0.25, 0.3) is 0 Å². The zero-order chi connectivity index (χ0) is 14.9. The largest absolute Gasteiger partial charge is 0.462 e. The van der Waals surface area contributed by atoms with Gasteiger partial charge in [-0.1, -0.05) is 37.3 Å². The summed E-state index contributed by atoms with van der Waals surface area (Å²) < 4.78 is 5.49. The molecule has 0 saturated heterocycles. The van der Waals surface area contributed by atoms with Crippen LogP contribution in [0, 0.1) is 5.92 Å². The quantitative estimate of drug-likeness (QED) is 0.778. The van der Waals surface area contributed by atoms with Crippen LogP contribution >= 0.6 is 0 Å². The van der Waals surface area contributed by atoms with Crippen molar-refractivity contribution in [2.45, 2.75) is 58.1 Å². The molecule has 1 fully saturated rings. The molecule has 116 valence electrons. The first kappa shape index (κ1) is 16.0. The third-order valence-corrected chi connectivity index (χ3v) is 4.15. The molecule has 0 spiro atoms. The first-order valence-electron chi connectivity index (χ1n) is 8.22. The molecule has 3 heteroatoms. The maximum absolute atomic E-state index is 11.5. The Hall–Kier alpha value is -1.35. The zero-order valence-electron chi connectivity index (χ0n) is 13.0. The van der Waals surface area contributed by atoms with Crippen molar-refractivity contribution in [3.8, 4) is 0 Å². The van der Waals surface area contributed by atoms with E-state index in [2.05, 4.69) is 29.6 Å². The molecule has 1 aliphatic carbocycles. The first-order chi connectivity index (χ1) is 10.3. The molecule has 1 N–H and O–H groups in total. The smallest absolute Gasteiger partial charge is 0.306 e. The van der Waals surface area contributed by atoms with Gasteiger partial charge in [0, 0.05) is 13.0 Å². The number of nitrogens with one attached hydrogen (secondary N) is 1. The molecule has 1 aromatic rings. The summed E-state index contributed by atoms with van der Waals surface area (Å²) in [6, 6.07) is 10.5. The highest BCUT2D eigenvalue weighted by Gasteiger charge is 2.23. The number of hydrogen-bond acceptors (Lipinski definition) is 3. The first-order valence-corrected chi connectivity index (χ1v) is 8.22. The molecular weight excluding hydrogens is 262 g/mol. The molecular formula is C18H27NO2. The highest BCUT2D eigenvalue weighted by molar-refractivity contribution is 5.69. The lowest BCUT2D eigenvalue weighted by Gasteiger charge is -2.28. The molecule has 0 atom stereocenters. The molecule has 21 heavy (non-hydrogen) atoms. The number of carbonyl (C=O) groups excluding carboxylic acids is 1. The average molecular weight is 289 g/mol. The Balaban J connectivity index is 1.60. The van der Waals surface area contributed by atoms with Gasteiger partial charge in [0.2, 0.25) is 0 Å². The van der Waals surface area contributed by atoms with Crippen LogP contribution in [0.15, 0.2) is 30.3 Å².